The van der Waals surface area contributed by atoms with Crippen molar-refractivity contribution in [3.8, 4) is 0 Å². The zero-order valence-electron chi connectivity index (χ0n) is 14.0. The number of likely N-dealkylation sites (N-methyl/N-ethyl adjacent to an activating group) is 1. The predicted molar refractivity (Wildman–Crippen MR) is 90.0 cm³/mol. The highest BCUT2D eigenvalue weighted by molar-refractivity contribution is 6.31. The van der Waals surface area contributed by atoms with Crippen molar-refractivity contribution in [1.82, 2.24) is 15.1 Å². The van der Waals surface area contributed by atoms with Crippen molar-refractivity contribution in [2.45, 2.75) is 72.4 Å². The first-order valence-corrected chi connectivity index (χ1v) is 8.97. The summed E-state index contributed by atoms with van der Waals surface area (Å²) in [5.74, 6) is 1.59. The van der Waals surface area contributed by atoms with Gasteiger partial charge in [0.2, 0.25) is 0 Å². The quantitative estimate of drug-likeness (QED) is 0.822. The van der Waals surface area contributed by atoms with Gasteiger partial charge in [0.1, 0.15) is 0 Å². The van der Waals surface area contributed by atoms with Gasteiger partial charge in [-0.25, -0.2) is 0 Å². The molecule has 4 heteroatoms. The Morgan fingerprint density at radius 2 is 2.10 bits per heavy atom. The summed E-state index contributed by atoms with van der Waals surface area (Å²) >= 11 is 6.58. The normalized spacial score (nSPS) is 23.7. The highest BCUT2D eigenvalue weighted by Gasteiger charge is 2.32. The van der Waals surface area contributed by atoms with Crippen molar-refractivity contribution in [3.63, 3.8) is 0 Å². The second-order valence-electron chi connectivity index (χ2n) is 6.32. The molecule has 1 fully saturated rings. The van der Waals surface area contributed by atoms with Crippen molar-refractivity contribution in [2.75, 3.05) is 6.54 Å². The number of nitrogens with zero attached hydrogens (tertiary/aromatic N) is 2. The average molecular weight is 312 g/mol. The Labute approximate surface area is 134 Å². The van der Waals surface area contributed by atoms with E-state index in [1.807, 2.05) is 0 Å². The predicted octanol–water partition coefficient (Wildman–Crippen LogP) is 4.08. The smallest absolute Gasteiger partial charge is 0.0850 e. The van der Waals surface area contributed by atoms with E-state index >= 15 is 0 Å². The maximum atomic E-state index is 6.58. The van der Waals surface area contributed by atoms with Crippen LogP contribution in [-0.2, 0) is 19.4 Å². The summed E-state index contributed by atoms with van der Waals surface area (Å²) in [6, 6.07) is 0.525. The van der Waals surface area contributed by atoms with Gasteiger partial charge in [-0.3, -0.25) is 4.68 Å². The van der Waals surface area contributed by atoms with E-state index in [0.29, 0.717) is 6.04 Å². The summed E-state index contributed by atoms with van der Waals surface area (Å²) in [5.41, 5.74) is 2.27. The summed E-state index contributed by atoms with van der Waals surface area (Å²) in [4.78, 5) is 0. The zero-order chi connectivity index (χ0) is 15.4. The summed E-state index contributed by atoms with van der Waals surface area (Å²) < 4.78 is 2.10. The summed E-state index contributed by atoms with van der Waals surface area (Å²) in [5, 5.41) is 9.27. The molecule has 1 aromatic rings. The van der Waals surface area contributed by atoms with Gasteiger partial charge in [0, 0.05) is 19.0 Å². The molecule has 0 spiro atoms. The van der Waals surface area contributed by atoms with Crippen molar-refractivity contribution >= 4 is 11.6 Å². The second kappa shape index (κ2) is 7.64. The molecule has 1 aromatic heterocycles. The molecule has 1 aliphatic carbocycles. The SMILES string of the molecule is CCNC(Cc1c(Cl)c(CC)nn1CC)C1CCCC1C. The molecule has 0 radical (unpaired) electrons. The minimum Gasteiger partial charge on any atom is -0.314 e. The summed E-state index contributed by atoms with van der Waals surface area (Å²) in [6.07, 6.45) is 5.99. The monoisotopic (exact) mass is 311 g/mol. The van der Waals surface area contributed by atoms with Crippen LogP contribution in [0.4, 0.5) is 0 Å². The van der Waals surface area contributed by atoms with Gasteiger partial charge in [0.15, 0.2) is 0 Å². The van der Waals surface area contributed by atoms with Crippen LogP contribution >= 0.6 is 11.6 Å². The minimum absolute atomic E-state index is 0.525. The lowest BCUT2D eigenvalue weighted by molar-refractivity contribution is 0.294. The highest BCUT2D eigenvalue weighted by Crippen LogP contribution is 2.35. The first-order valence-electron chi connectivity index (χ1n) is 8.59. The van der Waals surface area contributed by atoms with Crippen molar-refractivity contribution in [2.24, 2.45) is 11.8 Å². The maximum Gasteiger partial charge on any atom is 0.0850 e. The molecule has 0 bridgehead atoms. The summed E-state index contributed by atoms with van der Waals surface area (Å²) in [7, 11) is 0. The molecule has 1 saturated carbocycles. The Balaban J connectivity index is 2.22. The minimum atomic E-state index is 0.525. The van der Waals surface area contributed by atoms with Gasteiger partial charge >= 0.3 is 0 Å². The molecule has 1 aliphatic rings. The number of hydrogen-bond donors (Lipinski definition) is 1. The van der Waals surface area contributed by atoms with Gasteiger partial charge in [-0.1, -0.05) is 45.2 Å². The van der Waals surface area contributed by atoms with Crippen molar-refractivity contribution < 1.29 is 0 Å². The van der Waals surface area contributed by atoms with Crippen LogP contribution in [0.1, 0.15) is 58.3 Å². The molecular weight excluding hydrogens is 282 g/mol. The Morgan fingerprint density at radius 1 is 1.33 bits per heavy atom. The topological polar surface area (TPSA) is 29.9 Å². The average Bonchev–Trinajstić information content (AvgIpc) is 3.03. The van der Waals surface area contributed by atoms with Crippen LogP contribution in [0.25, 0.3) is 0 Å². The van der Waals surface area contributed by atoms with E-state index in [0.717, 1.165) is 48.5 Å². The van der Waals surface area contributed by atoms with Gasteiger partial charge in [0.25, 0.3) is 0 Å². The Bertz CT molecular complexity index is 455. The standard InChI is InChI=1S/C17H30ClN3/c1-5-14-17(18)16(21(7-3)20-14)11-15(19-6-2)13-10-8-9-12(13)4/h12-13,15,19H,5-11H2,1-4H3. The third kappa shape index (κ3) is 3.62. The number of halogens is 1. The molecule has 2 rings (SSSR count). The van der Waals surface area contributed by atoms with E-state index < -0.39 is 0 Å². The lowest BCUT2D eigenvalue weighted by atomic mass is 9.87. The molecule has 1 heterocycles. The Hall–Kier alpha value is -0.540. The van der Waals surface area contributed by atoms with Gasteiger partial charge in [-0.2, -0.15) is 5.10 Å². The first kappa shape index (κ1) is 16.8. The third-order valence-corrected chi connectivity index (χ3v) is 5.45. The molecule has 120 valence electrons. The van der Waals surface area contributed by atoms with E-state index in [2.05, 4.69) is 42.8 Å². The van der Waals surface area contributed by atoms with E-state index in [1.165, 1.54) is 25.0 Å². The van der Waals surface area contributed by atoms with Crippen LogP contribution in [0.2, 0.25) is 5.02 Å². The molecule has 0 saturated heterocycles. The molecule has 3 atom stereocenters. The van der Waals surface area contributed by atoms with E-state index in [4.69, 9.17) is 11.6 Å². The number of aromatic nitrogens is 2. The molecule has 0 aliphatic heterocycles. The van der Waals surface area contributed by atoms with Gasteiger partial charge in [-0.05, 0) is 38.1 Å². The fourth-order valence-electron chi connectivity index (χ4n) is 3.83. The molecule has 0 aromatic carbocycles. The molecule has 0 amide bonds. The highest BCUT2D eigenvalue weighted by atomic mass is 35.5. The van der Waals surface area contributed by atoms with Crippen LogP contribution in [0.5, 0.6) is 0 Å². The van der Waals surface area contributed by atoms with Crippen molar-refractivity contribution in [3.05, 3.63) is 16.4 Å². The molecule has 1 N–H and O–H groups in total. The third-order valence-electron chi connectivity index (χ3n) is 5.02. The second-order valence-corrected chi connectivity index (χ2v) is 6.69. The largest absolute Gasteiger partial charge is 0.314 e. The maximum absolute atomic E-state index is 6.58. The number of nitrogens with one attached hydrogen (secondary N) is 1. The molecule has 3 nitrogen and oxygen atoms in total. The number of hydrogen-bond acceptors (Lipinski definition) is 2. The van der Waals surface area contributed by atoms with Gasteiger partial charge in [0.05, 0.1) is 16.4 Å². The van der Waals surface area contributed by atoms with Crippen LogP contribution in [0.3, 0.4) is 0 Å². The fraction of sp³-hybridized carbons (Fsp3) is 0.824. The van der Waals surface area contributed by atoms with Crippen LogP contribution in [-0.4, -0.2) is 22.4 Å². The number of rotatable bonds is 7. The molecular formula is C17H30ClN3. The van der Waals surface area contributed by atoms with E-state index in [9.17, 15) is 0 Å². The van der Waals surface area contributed by atoms with E-state index in [1.54, 1.807) is 0 Å². The molecule has 3 unspecified atom stereocenters. The Morgan fingerprint density at radius 3 is 2.62 bits per heavy atom. The molecule has 21 heavy (non-hydrogen) atoms. The van der Waals surface area contributed by atoms with Crippen LogP contribution in [0.15, 0.2) is 0 Å². The van der Waals surface area contributed by atoms with Gasteiger partial charge in [-0.15, -0.1) is 0 Å². The summed E-state index contributed by atoms with van der Waals surface area (Å²) in [6.45, 7) is 10.8. The van der Waals surface area contributed by atoms with Crippen LogP contribution in [0, 0.1) is 11.8 Å². The Kier molecular flexibility index (Phi) is 6.12. The van der Waals surface area contributed by atoms with Gasteiger partial charge < -0.3 is 5.32 Å². The fourth-order valence-corrected chi connectivity index (χ4v) is 4.18. The lowest BCUT2D eigenvalue weighted by Crippen LogP contribution is -2.39. The zero-order valence-corrected chi connectivity index (χ0v) is 14.7. The van der Waals surface area contributed by atoms with Crippen molar-refractivity contribution in [1.29, 1.82) is 0 Å². The van der Waals surface area contributed by atoms with Crippen LogP contribution < -0.4 is 5.32 Å². The van der Waals surface area contributed by atoms with E-state index in [-0.39, 0.29) is 0 Å². The number of aryl methyl sites for hydroxylation is 2. The lowest BCUT2D eigenvalue weighted by Gasteiger charge is -2.28. The first-order chi connectivity index (χ1) is 10.1.